The molecule has 1 aromatic rings. The van der Waals surface area contributed by atoms with Gasteiger partial charge in [-0.2, -0.15) is 0 Å². The summed E-state index contributed by atoms with van der Waals surface area (Å²) in [6.07, 6.45) is 1.62. The van der Waals surface area contributed by atoms with Gasteiger partial charge < -0.3 is 16.4 Å². The van der Waals surface area contributed by atoms with E-state index in [4.69, 9.17) is 11.5 Å². The summed E-state index contributed by atoms with van der Waals surface area (Å²) in [4.78, 5) is 13.5. The molecule has 18 heavy (non-hydrogen) atoms. The summed E-state index contributed by atoms with van der Waals surface area (Å²) in [5.74, 6) is -0.442. The molecule has 2 unspecified atom stereocenters. The zero-order chi connectivity index (χ0) is 13.3. The molecule has 1 heterocycles. The van der Waals surface area contributed by atoms with Crippen molar-refractivity contribution >= 4 is 11.6 Å². The van der Waals surface area contributed by atoms with Crippen molar-refractivity contribution in [3.63, 3.8) is 0 Å². The number of amides is 1. The maximum atomic E-state index is 11.2. The van der Waals surface area contributed by atoms with E-state index < -0.39 is 11.4 Å². The smallest absolute Gasteiger partial charge is 0.237 e. The number of rotatable bonds is 4. The van der Waals surface area contributed by atoms with Gasteiger partial charge in [-0.15, -0.1) is 0 Å². The Hall–Kier alpha value is -1.55. The van der Waals surface area contributed by atoms with Crippen LogP contribution in [0.3, 0.4) is 0 Å². The highest BCUT2D eigenvalue weighted by molar-refractivity contribution is 5.83. The number of benzene rings is 1. The van der Waals surface area contributed by atoms with E-state index in [1.165, 1.54) is 11.3 Å². The molecule has 0 bridgehead atoms. The van der Waals surface area contributed by atoms with Crippen molar-refractivity contribution in [1.29, 1.82) is 0 Å². The van der Waals surface area contributed by atoms with Gasteiger partial charge in [-0.25, -0.2) is 0 Å². The molecule has 0 saturated heterocycles. The van der Waals surface area contributed by atoms with E-state index in [2.05, 4.69) is 30.0 Å². The van der Waals surface area contributed by atoms with Crippen LogP contribution in [0.4, 0.5) is 5.69 Å². The third-order valence-corrected chi connectivity index (χ3v) is 3.78. The highest BCUT2D eigenvalue weighted by Crippen LogP contribution is 2.32. The lowest BCUT2D eigenvalue weighted by Gasteiger charge is -2.29. The van der Waals surface area contributed by atoms with E-state index in [1.54, 1.807) is 6.92 Å². The van der Waals surface area contributed by atoms with Gasteiger partial charge in [-0.1, -0.05) is 18.2 Å². The van der Waals surface area contributed by atoms with E-state index in [0.717, 1.165) is 13.0 Å². The molecule has 0 saturated carbocycles. The van der Waals surface area contributed by atoms with Crippen molar-refractivity contribution < 1.29 is 4.79 Å². The minimum Gasteiger partial charge on any atom is -0.368 e. The van der Waals surface area contributed by atoms with Crippen LogP contribution in [0.25, 0.3) is 0 Å². The van der Waals surface area contributed by atoms with Crippen LogP contribution >= 0.6 is 0 Å². The quantitative estimate of drug-likeness (QED) is 0.834. The first-order valence-electron chi connectivity index (χ1n) is 6.35. The van der Waals surface area contributed by atoms with Gasteiger partial charge in [0, 0.05) is 18.3 Å². The number of carbonyl (C=O) groups excluding carboxylic acids is 1. The average Bonchev–Trinajstić information content (AvgIpc) is 2.62. The molecule has 2 atom stereocenters. The number of nitrogens with zero attached hydrogens (tertiary/aromatic N) is 1. The van der Waals surface area contributed by atoms with E-state index in [-0.39, 0.29) is 0 Å². The fourth-order valence-electron chi connectivity index (χ4n) is 2.45. The van der Waals surface area contributed by atoms with Crippen molar-refractivity contribution in [2.75, 3.05) is 11.4 Å². The topological polar surface area (TPSA) is 72.3 Å². The second-order valence-electron chi connectivity index (χ2n) is 5.41. The molecule has 1 aromatic carbocycles. The number of hydrogen-bond acceptors (Lipinski definition) is 3. The molecule has 0 aromatic heterocycles. The van der Waals surface area contributed by atoms with Gasteiger partial charge in [-0.3, -0.25) is 4.79 Å². The lowest BCUT2D eigenvalue weighted by molar-refractivity contribution is -0.122. The van der Waals surface area contributed by atoms with E-state index in [9.17, 15) is 4.79 Å². The third-order valence-electron chi connectivity index (χ3n) is 3.78. The first-order valence-corrected chi connectivity index (χ1v) is 6.35. The number of primary amides is 1. The molecule has 98 valence electrons. The fraction of sp³-hybridized carbons (Fsp3) is 0.500. The van der Waals surface area contributed by atoms with Crippen LogP contribution in [0, 0.1) is 0 Å². The Morgan fingerprint density at radius 3 is 2.83 bits per heavy atom. The lowest BCUT2D eigenvalue weighted by Crippen LogP contribution is -2.51. The summed E-state index contributed by atoms with van der Waals surface area (Å²) in [7, 11) is 0. The Morgan fingerprint density at radius 2 is 2.17 bits per heavy atom. The third kappa shape index (κ3) is 2.34. The van der Waals surface area contributed by atoms with Gasteiger partial charge in [0.2, 0.25) is 5.91 Å². The molecule has 0 aliphatic carbocycles. The van der Waals surface area contributed by atoms with Crippen LogP contribution in [-0.2, 0) is 11.2 Å². The number of hydrogen-bond donors (Lipinski definition) is 2. The Morgan fingerprint density at radius 1 is 1.50 bits per heavy atom. The highest BCUT2D eigenvalue weighted by Gasteiger charge is 2.30. The lowest BCUT2D eigenvalue weighted by atomic mass is 9.98. The zero-order valence-electron chi connectivity index (χ0n) is 11.0. The van der Waals surface area contributed by atoms with Gasteiger partial charge in [-0.05, 0) is 38.3 Å². The molecule has 4 N–H and O–H groups in total. The molecule has 4 nitrogen and oxygen atoms in total. The van der Waals surface area contributed by atoms with Crippen molar-refractivity contribution in [2.24, 2.45) is 11.5 Å². The molecular weight excluding hydrogens is 226 g/mol. The largest absolute Gasteiger partial charge is 0.368 e. The molecule has 1 amide bonds. The fourth-order valence-corrected chi connectivity index (χ4v) is 2.45. The van der Waals surface area contributed by atoms with Crippen LogP contribution in [-0.4, -0.2) is 24.0 Å². The first-order chi connectivity index (χ1) is 8.42. The van der Waals surface area contributed by atoms with Crippen molar-refractivity contribution in [3.8, 4) is 0 Å². The van der Waals surface area contributed by atoms with Crippen molar-refractivity contribution in [3.05, 3.63) is 29.8 Å². The Bertz CT molecular complexity index is 456. The molecule has 1 aliphatic heterocycles. The number of nitrogens with two attached hydrogens (primary N) is 2. The molecule has 1 aliphatic rings. The Labute approximate surface area is 108 Å². The first kappa shape index (κ1) is 12.9. The van der Waals surface area contributed by atoms with E-state index >= 15 is 0 Å². The second-order valence-corrected chi connectivity index (χ2v) is 5.41. The predicted octanol–water partition coefficient (Wildman–Crippen LogP) is 1.03. The molecule has 2 rings (SSSR count). The van der Waals surface area contributed by atoms with Gasteiger partial charge in [0.1, 0.15) is 0 Å². The predicted molar refractivity (Wildman–Crippen MR) is 73.4 cm³/mol. The number of para-hydroxylation sites is 1. The summed E-state index contributed by atoms with van der Waals surface area (Å²) in [6, 6.07) is 8.83. The second kappa shape index (κ2) is 4.61. The van der Waals surface area contributed by atoms with Gasteiger partial charge in [0.15, 0.2) is 0 Å². The number of anilines is 1. The van der Waals surface area contributed by atoms with Crippen molar-refractivity contribution in [1.82, 2.24) is 0 Å². The Kier molecular flexibility index (Phi) is 3.30. The minimum atomic E-state index is -0.933. The average molecular weight is 247 g/mol. The van der Waals surface area contributed by atoms with E-state index in [0.29, 0.717) is 12.5 Å². The van der Waals surface area contributed by atoms with Crippen LogP contribution in [0.5, 0.6) is 0 Å². The SMILES string of the molecule is CC1Cc2ccccc2N1CCC(C)(N)C(N)=O. The summed E-state index contributed by atoms with van der Waals surface area (Å²) in [5, 5.41) is 0. The maximum Gasteiger partial charge on any atom is 0.237 e. The van der Waals surface area contributed by atoms with Crippen LogP contribution in [0.1, 0.15) is 25.8 Å². The standard InChI is InChI=1S/C14H21N3O/c1-10-9-11-5-3-4-6-12(11)17(10)8-7-14(2,16)13(15)18/h3-6,10H,7-9,16H2,1-2H3,(H2,15,18). The summed E-state index contributed by atoms with van der Waals surface area (Å²) >= 11 is 0. The van der Waals surface area contributed by atoms with Crippen LogP contribution < -0.4 is 16.4 Å². The summed E-state index contributed by atoms with van der Waals surface area (Å²) in [6.45, 7) is 4.65. The monoisotopic (exact) mass is 247 g/mol. The van der Waals surface area contributed by atoms with Gasteiger partial charge in [0.05, 0.1) is 5.54 Å². The normalized spacial score (nSPS) is 21.5. The highest BCUT2D eigenvalue weighted by atomic mass is 16.1. The van der Waals surface area contributed by atoms with Gasteiger partial charge in [0.25, 0.3) is 0 Å². The summed E-state index contributed by atoms with van der Waals surface area (Å²) < 4.78 is 0. The van der Waals surface area contributed by atoms with Crippen LogP contribution in [0.15, 0.2) is 24.3 Å². The minimum absolute atomic E-state index is 0.442. The van der Waals surface area contributed by atoms with Crippen molar-refractivity contribution in [2.45, 2.75) is 38.3 Å². The Balaban J connectivity index is 2.09. The zero-order valence-corrected chi connectivity index (χ0v) is 11.0. The number of carbonyl (C=O) groups is 1. The van der Waals surface area contributed by atoms with Crippen LogP contribution in [0.2, 0.25) is 0 Å². The number of fused-ring (bicyclic) bond motifs is 1. The van der Waals surface area contributed by atoms with E-state index in [1.807, 2.05) is 6.07 Å². The molecule has 0 spiro atoms. The van der Waals surface area contributed by atoms with Gasteiger partial charge >= 0.3 is 0 Å². The molecule has 0 fully saturated rings. The molecular formula is C14H21N3O. The molecule has 4 heteroatoms. The summed E-state index contributed by atoms with van der Waals surface area (Å²) in [5.41, 5.74) is 12.9. The maximum absolute atomic E-state index is 11.2. The molecule has 0 radical (unpaired) electrons.